The molecular weight excluding hydrogens is 152 g/mol. The Morgan fingerprint density at radius 3 is 2.55 bits per heavy atom. The highest BCUT2D eigenvalue weighted by atomic mass is 28.3. The average molecular weight is 172 g/mol. The smallest absolute Gasteiger partial charge is 0.0656 e. The average Bonchev–Trinajstić information content (AvgIpc) is 1.97. The summed E-state index contributed by atoms with van der Waals surface area (Å²) in [4.78, 5) is 0. The number of hydrogen-bond acceptors (Lipinski definition) is 1. The molecule has 0 saturated heterocycles. The molecule has 1 atom stereocenters. The molecule has 0 aromatic carbocycles. The largest absolute Gasteiger partial charge is 0.378 e. The van der Waals surface area contributed by atoms with E-state index in [2.05, 4.69) is 26.6 Å². The number of rotatable bonds is 6. The molecule has 0 spiro atoms. The van der Waals surface area contributed by atoms with Crippen LogP contribution in [0.1, 0.15) is 19.8 Å². The van der Waals surface area contributed by atoms with Crippen LogP contribution in [0.5, 0.6) is 0 Å². The molecule has 1 nitrogen and oxygen atoms in total. The van der Waals surface area contributed by atoms with Gasteiger partial charge in [0.25, 0.3) is 0 Å². The van der Waals surface area contributed by atoms with Gasteiger partial charge in [-0.2, -0.15) is 0 Å². The first-order valence-corrected chi connectivity index (χ1v) is 7.42. The second-order valence-corrected chi connectivity index (χ2v) is 6.42. The van der Waals surface area contributed by atoms with Crippen molar-refractivity contribution in [3.05, 3.63) is 12.7 Å². The molecule has 0 fully saturated rings. The summed E-state index contributed by atoms with van der Waals surface area (Å²) in [6.07, 6.45) is 4.28. The standard InChI is InChI=1S/C9H20OSi/c1-5-7-9(11(3)4)10-8-6-2/h6,9,11H,2,5,7-8H2,1,3-4H3. The first-order chi connectivity index (χ1) is 5.22. The van der Waals surface area contributed by atoms with E-state index in [1.807, 2.05) is 6.08 Å². The molecule has 1 unspecified atom stereocenters. The van der Waals surface area contributed by atoms with Crippen molar-refractivity contribution < 1.29 is 4.74 Å². The maximum absolute atomic E-state index is 5.64. The van der Waals surface area contributed by atoms with Crippen LogP contribution in [0, 0.1) is 0 Å². The van der Waals surface area contributed by atoms with E-state index in [4.69, 9.17) is 4.74 Å². The van der Waals surface area contributed by atoms with Crippen molar-refractivity contribution in [3.63, 3.8) is 0 Å². The van der Waals surface area contributed by atoms with Crippen molar-refractivity contribution >= 4 is 8.80 Å². The Bertz CT molecular complexity index is 102. The summed E-state index contributed by atoms with van der Waals surface area (Å²) in [5.41, 5.74) is 0.554. The first kappa shape index (κ1) is 10.9. The van der Waals surface area contributed by atoms with Crippen LogP contribution in [0.15, 0.2) is 12.7 Å². The van der Waals surface area contributed by atoms with Crippen LogP contribution in [0.3, 0.4) is 0 Å². The minimum Gasteiger partial charge on any atom is -0.378 e. The van der Waals surface area contributed by atoms with E-state index in [1.165, 1.54) is 12.8 Å². The van der Waals surface area contributed by atoms with E-state index >= 15 is 0 Å². The number of ether oxygens (including phenoxy) is 1. The van der Waals surface area contributed by atoms with Crippen molar-refractivity contribution in [2.75, 3.05) is 6.61 Å². The molecule has 0 aromatic rings. The quantitative estimate of drug-likeness (QED) is 0.441. The molecule has 11 heavy (non-hydrogen) atoms. The van der Waals surface area contributed by atoms with Gasteiger partial charge in [-0.15, -0.1) is 6.58 Å². The zero-order valence-corrected chi connectivity index (χ0v) is 9.12. The molecule has 0 aliphatic rings. The molecule has 2 heteroatoms. The molecule has 66 valence electrons. The summed E-state index contributed by atoms with van der Waals surface area (Å²) in [6, 6.07) is 0. The van der Waals surface area contributed by atoms with Crippen molar-refractivity contribution in [3.8, 4) is 0 Å². The van der Waals surface area contributed by atoms with Gasteiger partial charge in [0, 0.05) is 5.73 Å². The Labute approximate surface area is 72.1 Å². The Morgan fingerprint density at radius 2 is 2.18 bits per heavy atom. The fraction of sp³-hybridized carbons (Fsp3) is 0.778. The normalized spacial score (nSPS) is 13.5. The fourth-order valence-electron chi connectivity index (χ4n) is 1.09. The van der Waals surface area contributed by atoms with E-state index in [0.717, 1.165) is 6.61 Å². The highest BCUT2D eigenvalue weighted by Crippen LogP contribution is 2.06. The Kier molecular flexibility index (Phi) is 6.57. The molecule has 0 radical (unpaired) electrons. The van der Waals surface area contributed by atoms with Crippen LogP contribution >= 0.6 is 0 Å². The van der Waals surface area contributed by atoms with Crippen LogP contribution in [0.4, 0.5) is 0 Å². The highest BCUT2D eigenvalue weighted by Gasteiger charge is 2.12. The SMILES string of the molecule is C=CCOC(CCC)[SiH](C)C. The monoisotopic (exact) mass is 172 g/mol. The number of hydrogen-bond donors (Lipinski definition) is 0. The molecule has 0 bridgehead atoms. The molecular formula is C9H20OSi. The van der Waals surface area contributed by atoms with Gasteiger partial charge in [-0.3, -0.25) is 0 Å². The maximum Gasteiger partial charge on any atom is 0.0656 e. The topological polar surface area (TPSA) is 9.23 Å². The third-order valence-corrected chi connectivity index (χ3v) is 3.76. The predicted octanol–water partition coefficient (Wildman–Crippen LogP) is 2.38. The lowest BCUT2D eigenvalue weighted by Gasteiger charge is -2.18. The minimum atomic E-state index is -0.605. The van der Waals surface area contributed by atoms with E-state index in [0.29, 0.717) is 5.73 Å². The summed E-state index contributed by atoms with van der Waals surface area (Å²) in [7, 11) is -0.605. The highest BCUT2D eigenvalue weighted by molar-refractivity contribution is 6.57. The van der Waals surface area contributed by atoms with Gasteiger partial charge in [0.05, 0.1) is 15.4 Å². The van der Waals surface area contributed by atoms with E-state index in [-0.39, 0.29) is 0 Å². The van der Waals surface area contributed by atoms with Gasteiger partial charge >= 0.3 is 0 Å². The van der Waals surface area contributed by atoms with Crippen LogP contribution in [0.25, 0.3) is 0 Å². The van der Waals surface area contributed by atoms with Crippen molar-refractivity contribution in [1.82, 2.24) is 0 Å². The Morgan fingerprint density at radius 1 is 1.55 bits per heavy atom. The Balaban J connectivity index is 3.59. The molecule has 0 N–H and O–H groups in total. The second-order valence-electron chi connectivity index (χ2n) is 3.19. The molecule has 0 saturated carbocycles. The third-order valence-electron chi connectivity index (χ3n) is 1.74. The van der Waals surface area contributed by atoms with E-state index < -0.39 is 8.80 Å². The minimum absolute atomic E-state index is 0.554. The first-order valence-electron chi connectivity index (χ1n) is 4.44. The van der Waals surface area contributed by atoms with Crippen molar-refractivity contribution in [2.45, 2.75) is 38.6 Å². The molecule has 0 rings (SSSR count). The van der Waals surface area contributed by atoms with Gasteiger partial charge in [0.2, 0.25) is 0 Å². The molecule has 0 heterocycles. The lowest BCUT2D eigenvalue weighted by molar-refractivity contribution is 0.121. The zero-order valence-electron chi connectivity index (χ0n) is 7.97. The molecule has 0 aliphatic heterocycles. The third kappa shape index (κ3) is 5.22. The Hall–Kier alpha value is -0.0831. The van der Waals surface area contributed by atoms with Gasteiger partial charge in [0.15, 0.2) is 0 Å². The molecule has 0 aliphatic carbocycles. The summed E-state index contributed by atoms with van der Waals surface area (Å²) in [5.74, 6) is 0. The van der Waals surface area contributed by atoms with Gasteiger partial charge in [-0.1, -0.05) is 32.5 Å². The summed E-state index contributed by atoms with van der Waals surface area (Å²) < 4.78 is 5.64. The van der Waals surface area contributed by atoms with Gasteiger partial charge in [0.1, 0.15) is 0 Å². The lowest BCUT2D eigenvalue weighted by atomic mass is 10.3. The summed E-state index contributed by atoms with van der Waals surface area (Å²) >= 11 is 0. The second kappa shape index (κ2) is 6.62. The fourth-order valence-corrected chi connectivity index (χ4v) is 2.58. The van der Waals surface area contributed by atoms with Crippen molar-refractivity contribution in [2.24, 2.45) is 0 Å². The van der Waals surface area contributed by atoms with Gasteiger partial charge in [-0.05, 0) is 6.42 Å². The van der Waals surface area contributed by atoms with Gasteiger partial charge in [-0.25, -0.2) is 0 Å². The van der Waals surface area contributed by atoms with Crippen LogP contribution in [-0.4, -0.2) is 21.1 Å². The van der Waals surface area contributed by atoms with E-state index in [1.54, 1.807) is 0 Å². The van der Waals surface area contributed by atoms with Crippen molar-refractivity contribution in [1.29, 1.82) is 0 Å². The molecule has 0 amide bonds. The maximum atomic E-state index is 5.64. The van der Waals surface area contributed by atoms with Gasteiger partial charge < -0.3 is 4.74 Å². The predicted molar refractivity (Wildman–Crippen MR) is 53.7 cm³/mol. The summed E-state index contributed by atoms with van der Waals surface area (Å²) in [5, 5.41) is 0. The lowest BCUT2D eigenvalue weighted by Crippen LogP contribution is -2.27. The van der Waals surface area contributed by atoms with E-state index in [9.17, 15) is 0 Å². The van der Waals surface area contributed by atoms with Crippen LogP contribution in [0.2, 0.25) is 13.1 Å². The van der Waals surface area contributed by atoms with Crippen LogP contribution in [-0.2, 0) is 4.74 Å². The van der Waals surface area contributed by atoms with Crippen LogP contribution < -0.4 is 0 Å². The zero-order chi connectivity index (χ0) is 8.69. The summed E-state index contributed by atoms with van der Waals surface area (Å²) in [6.45, 7) is 11.2. The molecule has 0 aromatic heterocycles.